The van der Waals surface area contributed by atoms with E-state index >= 15 is 0 Å². The van der Waals surface area contributed by atoms with Crippen molar-refractivity contribution in [2.24, 2.45) is 0 Å². The van der Waals surface area contributed by atoms with Gasteiger partial charge in [-0.1, -0.05) is 34.8 Å². The summed E-state index contributed by atoms with van der Waals surface area (Å²) in [5.41, 5.74) is 7.92. The number of oxazole rings is 1. The fourth-order valence-corrected chi connectivity index (χ4v) is 3.04. The lowest BCUT2D eigenvalue weighted by molar-refractivity contribution is 0.620. The Morgan fingerprint density at radius 2 is 1.90 bits per heavy atom. The number of aromatic nitrogens is 1. The van der Waals surface area contributed by atoms with E-state index in [1.165, 1.54) is 0 Å². The second-order valence-corrected chi connectivity index (χ2v) is 6.15. The number of hydrogen-bond acceptors (Lipinski definition) is 3. The molecule has 0 aliphatic heterocycles. The summed E-state index contributed by atoms with van der Waals surface area (Å²) >= 11 is 21.5. The standard InChI is InChI=1S/C13H6BrCl3N2O/c14-7-4-9-12(10(17)11(7)18)19-13(20-9)6-2-1-5(15)3-8(6)16/h1-4H,18H2. The smallest absolute Gasteiger partial charge is 0.228 e. The summed E-state index contributed by atoms with van der Waals surface area (Å²) < 4.78 is 6.34. The van der Waals surface area contributed by atoms with Crippen LogP contribution in [-0.2, 0) is 0 Å². The van der Waals surface area contributed by atoms with Crippen molar-refractivity contribution < 1.29 is 4.42 Å². The van der Waals surface area contributed by atoms with Crippen LogP contribution in [0.2, 0.25) is 15.1 Å². The number of nitrogens with zero attached hydrogens (tertiary/aromatic N) is 1. The van der Waals surface area contributed by atoms with Gasteiger partial charge in [-0.15, -0.1) is 0 Å². The summed E-state index contributed by atoms with van der Waals surface area (Å²) in [5.74, 6) is 0.362. The first-order valence-corrected chi connectivity index (χ1v) is 7.39. The van der Waals surface area contributed by atoms with Crippen molar-refractivity contribution in [3.05, 3.63) is 43.8 Å². The number of halogens is 4. The van der Waals surface area contributed by atoms with Gasteiger partial charge in [0.15, 0.2) is 5.58 Å². The molecule has 3 nitrogen and oxygen atoms in total. The molecule has 7 heteroatoms. The van der Waals surface area contributed by atoms with E-state index in [1.807, 2.05) is 0 Å². The summed E-state index contributed by atoms with van der Waals surface area (Å²) in [5, 5.41) is 1.33. The molecule has 1 aromatic heterocycles. The molecule has 3 rings (SSSR count). The Bertz CT molecular complexity index is 832. The van der Waals surface area contributed by atoms with E-state index in [9.17, 15) is 0 Å². The zero-order valence-corrected chi connectivity index (χ0v) is 13.6. The zero-order valence-electron chi connectivity index (χ0n) is 9.75. The van der Waals surface area contributed by atoms with Crippen LogP contribution in [0.3, 0.4) is 0 Å². The maximum Gasteiger partial charge on any atom is 0.228 e. The first kappa shape index (κ1) is 14.0. The van der Waals surface area contributed by atoms with Gasteiger partial charge in [-0.05, 0) is 40.2 Å². The summed E-state index contributed by atoms with van der Waals surface area (Å²) in [7, 11) is 0. The molecule has 1 heterocycles. The van der Waals surface area contributed by atoms with E-state index in [-0.39, 0.29) is 0 Å². The van der Waals surface area contributed by atoms with Gasteiger partial charge < -0.3 is 10.2 Å². The first-order valence-electron chi connectivity index (χ1n) is 5.47. The molecule has 0 saturated carbocycles. The minimum Gasteiger partial charge on any atom is -0.436 e. The molecule has 2 aromatic carbocycles. The molecule has 0 spiro atoms. The predicted molar refractivity (Wildman–Crippen MR) is 86.6 cm³/mol. The van der Waals surface area contributed by atoms with Crippen molar-refractivity contribution in [2.75, 3.05) is 5.73 Å². The quantitative estimate of drug-likeness (QED) is 0.533. The Morgan fingerprint density at radius 3 is 2.60 bits per heavy atom. The van der Waals surface area contributed by atoms with Gasteiger partial charge in [0.25, 0.3) is 0 Å². The molecule has 0 fully saturated rings. The highest BCUT2D eigenvalue weighted by atomic mass is 79.9. The van der Waals surface area contributed by atoms with Crippen LogP contribution in [0.5, 0.6) is 0 Å². The fraction of sp³-hybridized carbons (Fsp3) is 0. The second kappa shape index (κ2) is 5.11. The summed E-state index contributed by atoms with van der Waals surface area (Å²) in [6.45, 7) is 0. The summed E-state index contributed by atoms with van der Waals surface area (Å²) in [4.78, 5) is 4.35. The predicted octanol–water partition coefficient (Wildman–Crippen LogP) is 5.80. The van der Waals surface area contributed by atoms with Crippen molar-refractivity contribution in [1.82, 2.24) is 4.98 Å². The van der Waals surface area contributed by atoms with Crippen LogP contribution in [0.25, 0.3) is 22.6 Å². The summed E-state index contributed by atoms with van der Waals surface area (Å²) in [6.07, 6.45) is 0. The molecule has 0 aliphatic carbocycles. The van der Waals surface area contributed by atoms with E-state index in [1.54, 1.807) is 24.3 Å². The highest BCUT2D eigenvalue weighted by Gasteiger charge is 2.17. The Morgan fingerprint density at radius 1 is 1.15 bits per heavy atom. The molecule has 0 unspecified atom stereocenters. The van der Waals surface area contributed by atoms with Crippen LogP contribution in [0.1, 0.15) is 0 Å². The Kier molecular flexibility index (Phi) is 3.58. The van der Waals surface area contributed by atoms with Crippen molar-refractivity contribution in [2.45, 2.75) is 0 Å². The Balaban J connectivity index is 2.26. The summed E-state index contributed by atoms with van der Waals surface area (Å²) in [6, 6.07) is 6.79. The van der Waals surface area contributed by atoms with Gasteiger partial charge in [0.05, 0.1) is 21.3 Å². The van der Waals surface area contributed by atoms with Gasteiger partial charge in [-0.3, -0.25) is 0 Å². The number of rotatable bonds is 1. The molecule has 0 aliphatic rings. The number of fused-ring (bicyclic) bond motifs is 1. The van der Waals surface area contributed by atoms with Crippen LogP contribution >= 0.6 is 50.7 Å². The fourth-order valence-electron chi connectivity index (χ4n) is 1.79. The molecule has 0 saturated heterocycles. The number of hydrogen-bond donors (Lipinski definition) is 1. The highest BCUT2D eigenvalue weighted by molar-refractivity contribution is 9.10. The number of nitrogen functional groups attached to an aromatic ring is 1. The van der Waals surface area contributed by atoms with Gasteiger partial charge in [0.2, 0.25) is 5.89 Å². The van der Waals surface area contributed by atoms with E-state index in [0.717, 1.165) is 0 Å². The van der Waals surface area contributed by atoms with E-state index in [0.29, 0.717) is 47.8 Å². The molecule has 3 aromatic rings. The molecule has 0 bridgehead atoms. The van der Waals surface area contributed by atoms with Crippen LogP contribution in [0.15, 0.2) is 33.2 Å². The van der Waals surface area contributed by atoms with Crippen molar-refractivity contribution >= 4 is 67.5 Å². The van der Waals surface area contributed by atoms with Crippen molar-refractivity contribution in [3.63, 3.8) is 0 Å². The van der Waals surface area contributed by atoms with E-state index < -0.39 is 0 Å². The normalized spacial score (nSPS) is 11.2. The lowest BCUT2D eigenvalue weighted by Gasteiger charge is -1.99. The van der Waals surface area contributed by atoms with Gasteiger partial charge in [-0.25, -0.2) is 4.98 Å². The number of anilines is 1. The van der Waals surface area contributed by atoms with Gasteiger partial charge in [-0.2, -0.15) is 0 Å². The average Bonchev–Trinajstić information content (AvgIpc) is 2.80. The number of nitrogens with two attached hydrogens (primary N) is 1. The molecule has 20 heavy (non-hydrogen) atoms. The Labute approximate surface area is 137 Å². The Hall–Kier alpha value is -0.940. The lowest BCUT2D eigenvalue weighted by atomic mass is 10.2. The van der Waals surface area contributed by atoms with Crippen LogP contribution in [0, 0.1) is 0 Å². The molecule has 0 amide bonds. The van der Waals surface area contributed by atoms with E-state index in [4.69, 9.17) is 45.0 Å². The third-order valence-electron chi connectivity index (χ3n) is 2.77. The minimum atomic E-state index is 0.342. The maximum atomic E-state index is 6.17. The molecule has 2 N–H and O–H groups in total. The topological polar surface area (TPSA) is 52.0 Å². The van der Waals surface area contributed by atoms with Gasteiger partial charge in [0.1, 0.15) is 5.52 Å². The molecular formula is C13H6BrCl3N2O. The highest BCUT2D eigenvalue weighted by Crippen LogP contribution is 2.38. The third-order valence-corrected chi connectivity index (χ3v) is 4.36. The molecule has 0 atom stereocenters. The van der Waals surface area contributed by atoms with Gasteiger partial charge >= 0.3 is 0 Å². The van der Waals surface area contributed by atoms with Crippen LogP contribution in [-0.4, -0.2) is 4.98 Å². The van der Waals surface area contributed by atoms with Crippen molar-refractivity contribution in [3.8, 4) is 11.5 Å². The minimum absolute atomic E-state index is 0.342. The van der Waals surface area contributed by atoms with E-state index in [2.05, 4.69) is 20.9 Å². The monoisotopic (exact) mass is 390 g/mol. The molecule has 102 valence electrons. The zero-order chi connectivity index (χ0) is 14.4. The average molecular weight is 392 g/mol. The lowest BCUT2D eigenvalue weighted by Crippen LogP contribution is -1.88. The first-order chi connectivity index (χ1) is 9.47. The largest absolute Gasteiger partial charge is 0.436 e. The maximum absolute atomic E-state index is 6.17. The van der Waals surface area contributed by atoms with Crippen LogP contribution < -0.4 is 5.73 Å². The third kappa shape index (κ3) is 2.27. The van der Waals surface area contributed by atoms with Crippen molar-refractivity contribution in [1.29, 1.82) is 0 Å². The van der Waals surface area contributed by atoms with Crippen LogP contribution in [0.4, 0.5) is 5.69 Å². The SMILES string of the molecule is Nc1c(Br)cc2oc(-c3ccc(Cl)cc3Cl)nc2c1Cl. The van der Waals surface area contributed by atoms with Gasteiger partial charge in [0, 0.05) is 9.50 Å². The second-order valence-electron chi connectivity index (χ2n) is 4.08. The molecule has 0 radical (unpaired) electrons. The molecular weight excluding hydrogens is 386 g/mol. The number of benzene rings is 2.